The van der Waals surface area contributed by atoms with Crippen LogP contribution < -0.4 is 15.4 Å². The third-order valence-corrected chi connectivity index (χ3v) is 4.57. The number of rotatable bonds is 2. The average molecular weight is 322 g/mol. The summed E-state index contributed by atoms with van der Waals surface area (Å²) in [6.45, 7) is 0.000397. The van der Waals surface area contributed by atoms with Crippen LogP contribution in [0.1, 0.15) is 29.9 Å². The van der Waals surface area contributed by atoms with Gasteiger partial charge in [0, 0.05) is 11.8 Å². The van der Waals surface area contributed by atoms with Gasteiger partial charge in [-0.25, -0.2) is 0 Å². The van der Waals surface area contributed by atoms with E-state index in [1.54, 1.807) is 18.2 Å². The first-order valence-corrected chi connectivity index (χ1v) is 8.16. The predicted molar refractivity (Wildman–Crippen MR) is 91.3 cm³/mol. The number of hydrogen-bond donors (Lipinski definition) is 2. The van der Waals surface area contributed by atoms with E-state index in [1.165, 1.54) is 5.56 Å². The SMILES string of the molecule is O=C1COc2cc(NC(=O)C3CCCc4ccccc43)ccc2N1. The number of hydrogen-bond acceptors (Lipinski definition) is 3. The van der Waals surface area contributed by atoms with Crippen molar-refractivity contribution in [2.24, 2.45) is 0 Å². The van der Waals surface area contributed by atoms with Gasteiger partial charge in [0.05, 0.1) is 11.6 Å². The van der Waals surface area contributed by atoms with Gasteiger partial charge in [0.25, 0.3) is 5.91 Å². The highest BCUT2D eigenvalue weighted by Crippen LogP contribution is 2.34. The molecule has 2 aromatic carbocycles. The van der Waals surface area contributed by atoms with Crippen LogP contribution in [-0.4, -0.2) is 18.4 Å². The molecule has 0 aromatic heterocycles. The number of anilines is 2. The summed E-state index contributed by atoms with van der Waals surface area (Å²) in [5.74, 6) is 0.295. The fraction of sp³-hybridized carbons (Fsp3) is 0.263. The summed E-state index contributed by atoms with van der Waals surface area (Å²) in [4.78, 5) is 24.0. The van der Waals surface area contributed by atoms with Gasteiger partial charge >= 0.3 is 0 Å². The summed E-state index contributed by atoms with van der Waals surface area (Å²) >= 11 is 0. The van der Waals surface area contributed by atoms with Gasteiger partial charge in [-0.2, -0.15) is 0 Å². The monoisotopic (exact) mass is 322 g/mol. The number of fused-ring (bicyclic) bond motifs is 2. The summed E-state index contributed by atoms with van der Waals surface area (Å²) in [7, 11) is 0. The molecule has 0 spiro atoms. The lowest BCUT2D eigenvalue weighted by Crippen LogP contribution is -2.26. The summed E-state index contributed by atoms with van der Waals surface area (Å²) < 4.78 is 5.40. The second kappa shape index (κ2) is 6.00. The lowest BCUT2D eigenvalue weighted by Gasteiger charge is -2.25. The smallest absolute Gasteiger partial charge is 0.262 e. The Hall–Kier alpha value is -2.82. The Morgan fingerprint density at radius 1 is 1.21 bits per heavy atom. The molecule has 0 radical (unpaired) electrons. The summed E-state index contributed by atoms with van der Waals surface area (Å²) in [5, 5.41) is 5.72. The minimum atomic E-state index is -0.168. The van der Waals surface area contributed by atoms with Crippen molar-refractivity contribution in [1.29, 1.82) is 0 Å². The summed E-state index contributed by atoms with van der Waals surface area (Å²) in [6.07, 6.45) is 2.92. The van der Waals surface area contributed by atoms with Crippen LogP contribution >= 0.6 is 0 Å². The maximum Gasteiger partial charge on any atom is 0.262 e. The van der Waals surface area contributed by atoms with E-state index in [-0.39, 0.29) is 24.3 Å². The molecular formula is C19H18N2O3. The Labute approximate surface area is 140 Å². The Kier molecular flexibility index (Phi) is 3.69. The van der Waals surface area contributed by atoms with Crippen molar-refractivity contribution in [2.45, 2.75) is 25.2 Å². The van der Waals surface area contributed by atoms with E-state index >= 15 is 0 Å². The van der Waals surface area contributed by atoms with Crippen molar-refractivity contribution in [2.75, 3.05) is 17.2 Å². The van der Waals surface area contributed by atoms with Crippen LogP contribution in [0.3, 0.4) is 0 Å². The quantitative estimate of drug-likeness (QED) is 0.893. The number of carbonyl (C=O) groups is 2. The highest BCUT2D eigenvalue weighted by molar-refractivity contribution is 5.98. The molecule has 0 saturated carbocycles. The lowest BCUT2D eigenvalue weighted by molar-refractivity contribution is -0.119. The number of ether oxygens (including phenoxy) is 1. The predicted octanol–water partition coefficient (Wildman–Crippen LogP) is 3.08. The fourth-order valence-corrected chi connectivity index (χ4v) is 3.41. The number of nitrogens with one attached hydrogen (secondary N) is 2. The van der Waals surface area contributed by atoms with E-state index in [2.05, 4.69) is 16.7 Å². The van der Waals surface area contributed by atoms with Crippen LogP contribution in [0.15, 0.2) is 42.5 Å². The maximum absolute atomic E-state index is 12.7. The van der Waals surface area contributed by atoms with Crippen molar-refractivity contribution in [3.05, 3.63) is 53.6 Å². The Balaban J connectivity index is 1.54. The molecule has 1 aliphatic carbocycles. The third-order valence-electron chi connectivity index (χ3n) is 4.57. The molecule has 0 saturated heterocycles. The van der Waals surface area contributed by atoms with Crippen molar-refractivity contribution < 1.29 is 14.3 Å². The van der Waals surface area contributed by atoms with Gasteiger partial charge in [0.1, 0.15) is 5.75 Å². The van der Waals surface area contributed by atoms with E-state index in [0.29, 0.717) is 17.1 Å². The van der Waals surface area contributed by atoms with Crippen molar-refractivity contribution >= 4 is 23.2 Å². The normalized spacial score (nSPS) is 18.7. The number of carbonyl (C=O) groups excluding carboxylic acids is 2. The molecule has 2 N–H and O–H groups in total. The molecule has 2 aromatic rings. The van der Waals surface area contributed by atoms with Gasteiger partial charge in [-0.05, 0) is 42.5 Å². The standard InChI is InChI=1S/C19H18N2O3/c22-18-11-24-17-10-13(8-9-16(17)21-18)20-19(23)15-7-3-5-12-4-1-2-6-14(12)15/h1-2,4,6,8-10,15H,3,5,7,11H2,(H,20,23)(H,21,22). The van der Waals surface area contributed by atoms with Crippen LogP contribution in [0, 0.1) is 0 Å². The number of amides is 2. The Morgan fingerprint density at radius 2 is 2.08 bits per heavy atom. The molecule has 1 heterocycles. The van der Waals surface area contributed by atoms with E-state index in [9.17, 15) is 9.59 Å². The Bertz CT molecular complexity index is 816. The zero-order valence-electron chi connectivity index (χ0n) is 13.2. The van der Waals surface area contributed by atoms with Gasteiger partial charge in [-0.15, -0.1) is 0 Å². The second-order valence-corrected chi connectivity index (χ2v) is 6.18. The average Bonchev–Trinajstić information content (AvgIpc) is 2.61. The highest BCUT2D eigenvalue weighted by atomic mass is 16.5. The second-order valence-electron chi connectivity index (χ2n) is 6.18. The van der Waals surface area contributed by atoms with E-state index < -0.39 is 0 Å². The third kappa shape index (κ3) is 2.73. The molecule has 24 heavy (non-hydrogen) atoms. The van der Waals surface area contributed by atoms with Crippen molar-refractivity contribution in [3.63, 3.8) is 0 Å². The zero-order chi connectivity index (χ0) is 16.5. The first-order chi connectivity index (χ1) is 11.7. The Morgan fingerprint density at radius 3 is 3.00 bits per heavy atom. The van der Waals surface area contributed by atoms with Gasteiger partial charge in [-0.3, -0.25) is 9.59 Å². The molecule has 1 unspecified atom stereocenters. The van der Waals surface area contributed by atoms with Crippen LogP contribution in [0.25, 0.3) is 0 Å². The van der Waals surface area contributed by atoms with Gasteiger partial charge < -0.3 is 15.4 Å². The summed E-state index contributed by atoms with van der Waals surface area (Å²) in [5.41, 5.74) is 3.70. The van der Waals surface area contributed by atoms with Crippen LogP contribution in [-0.2, 0) is 16.0 Å². The van der Waals surface area contributed by atoms with Crippen LogP contribution in [0.5, 0.6) is 5.75 Å². The molecule has 1 atom stereocenters. The van der Waals surface area contributed by atoms with Gasteiger partial charge in [-0.1, -0.05) is 24.3 Å². The highest BCUT2D eigenvalue weighted by Gasteiger charge is 2.26. The molecule has 4 rings (SSSR count). The molecule has 5 heteroatoms. The maximum atomic E-state index is 12.7. The molecule has 1 aliphatic heterocycles. The fourth-order valence-electron chi connectivity index (χ4n) is 3.41. The minimum Gasteiger partial charge on any atom is -0.482 e. The number of aryl methyl sites for hydroxylation is 1. The molecular weight excluding hydrogens is 304 g/mol. The van der Waals surface area contributed by atoms with E-state index in [4.69, 9.17) is 4.74 Å². The summed E-state index contributed by atoms with van der Waals surface area (Å²) in [6, 6.07) is 13.4. The number of benzene rings is 2. The topological polar surface area (TPSA) is 67.4 Å². The van der Waals surface area contributed by atoms with Crippen molar-refractivity contribution in [3.8, 4) is 5.75 Å². The van der Waals surface area contributed by atoms with Crippen LogP contribution in [0.2, 0.25) is 0 Å². The minimum absolute atomic E-state index is 0.000397. The molecule has 2 amide bonds. The van der Waals surface area contributed by atoms with Crippen molar-refractivity contribution in [1.82, 2.24) is 0 Å². The van der Waals surface area contributed by atoms with E-state index in [1.807, 2.05) is 18.2 Å². The molecule has 0 bridgehead atoms. The molecule has 5 nitrogen and oxygen atoms in total. The molecule has 0 fully saturated rings. The van der Waals surface area contributed by atoms with Crippen LogP contribution in [0.4, 0.5) is 11.4 Å². The molecule has 2 aliphatic rings. The van der Waals surface area contributed by atoms with E-state index in [0.717, 1.165) is 24.8 Å². The van der Waals surface area contributed by atoms with Gasteiger partial charge in [0.15, 0.2) is 6.61 Å². The lowest BCUT2D eigenvalue weighted by atomic mass is 9.82. The van der Waals surface area contributed by atoms with Gasteiger partial charge in [0.2, 0.25) is 5.91 Å². The molecule has 122 valence electrons. The first kappa shape index (κ1) is 14.8. The largest absolute Gasteiger partial charge is 0.482 e. The first-order valence-electron chi connectivity index (χ1n) is 8.16. The zero-order valence-corrected chi connectivity index (χ0v) is 13.2.